The number of thiol groups is 1. The van der Waals surface area contributed by atoms with Crippen molar-refractivity contribution in [2.75, 3.05) is 11.1 Å². The molecule has 0 heterocycles. The summed E-state index contributed by atoms with van der Waals surface area (Å²) in [7, 11) is 0. The van der Waals surface area contributed by atoms with Gasteiger partial charge in [0.2, 0.25) is 5.91 Å². The lowest BCUT2D eigenvalue weighted by atomic mass is 9.91. The van der Waals surface area contributed by atoms with E-state index in [4.69, 9.17) is 11.2 Å². The zero-order chi connectivity index (χ0) is 29.5. The lowest BCUT2D eigenvalue weighted by Crippen LogP contribution is -2.59. The zero-order valence-corrected chi connectivity index (χ0v) is 25.1. The van der Waals surface area contributed by atoms with Crippen LogP contribution in [0.1, 0.15) is 76.3 Å². The van der Waals surface area contributed by atoms with Crippen LogP contribution < -0.4 is 10.6 Å². The highest BCUT2D eigenvalue weighted by Gasteiger charge is 2.43. The zero-order valence-electron chi connectivity index (χ0n) is 24.2. The Kier molecular flexibility index (Phi) is 10.7. The molecule has 0 aliphatic rings. The van der Waals surface area contributed by atoms with Crippen molar-refractivity contribution in [1.82, 2.24) is 10.2 Å². The number of rotatable bonds is 9. The molecule has 2 aromatic carbocycles. The van der Waals surface area contributed by atoms with Crippen molar-refractivity contribution >= 4 is 36.2 Å². The summed E-state index contributed by atoms with van der Waals surface area (Å²) in [5.41, 5.74) is 2.20. The summed E-state index contributed by atoms with van der Waals surface area (Å²) in [5, 5.41) is 5.71. The molecule has 0 radical (unpaired) electrons. The number of alkyl carbamates (subject to hydrolysis) is 1. The number of amides is 3. The molecule has 2 N–H and O–H groups in total. The lowest BCUT2D eigenvalue weighted by Gasteiger charge is -2.44. The Morgan fingerprint density at radius 3 is 2.05 bits per heavy atom. The molecule has 2 unspecified atom stereocenters. The first kappa shape index (κ1) is 31.8. The van der Waals surface area contributed by atoms with Crippen LogP contribution in [0.4, 0.5) is 10.5 Å². The smallest absolute Gasteiger partial charge is 0.408 e. The van der Waals surface area contributed by atoms with Gasteiger partial charge in [0.25, 0.3) is 5.91 Å². The number of carbonyl (C=O) groups is 3. The normalized spacial score (nSPS) is 13.0. The molecule has 0 spiro atoms. The van der Waals surface area contributed by atoms with Gasteiger partial charge in [-0.15, -0.1) is 6.42 Å². The standard InChI is InChI=1S/C31H41N3O4S/c1-10-22-15-17-23(18-16-22)26(27(35)33-25-20(3)13-12-14-21(25)4)34(31(8,9)11-2)28(36)24(19-39)32-29(37)38-30(5,6)7/h1,12-18,24,26,39H,11,19H2,2-9H3,(H,32,37)(H,33,35). The Hall–Kier alpha value is -3.44. The highest BCUT2D eigenvalue weighted by atomic mass is 32.1. The van der Waals surface area contributed by atoms with Crippen LogP contribution in [-0.2, 0) is 14.3 Å². The van der Waals surface area contributed by atoms with Gasteiger partial charge in [-0.25, -0.2) is 4.79 Å². The van der Waals surface area contributed by atoms with E-state index in [9.17, 15) is 14.4 Å². The molecule has 2 rings (SSSR count). The number of aryl methyl sites for hydroxylation is 2. The molecule has 3 amide bonds. The third-order valence-corrected chi connectivity index (χ3v) is 6.92. The molecular weight excluding hydrogens is 510 g/mol. The van der Waals surface area contributed by atoms with E-state index in [2.05, 4.69) is 29.2 Å². The largest absolute Gasteiger partial charge is 0.444 e. The third kappa shape index (κ3) is 8.27. The van der Waals surface area contributed by atoms with Crippen molar-refractivity contribution in [3.8, 4) is 12.3 Å². The first-order valence-corrected chi connectivity index (χ1v) is 13.7. The van der Waals surface area contributed by atoms with E-state index in [1.165, 1.54) is 0 Å². The molecule has 0 saturated heterocycles. The number of nitrogens with one attached hydrogen (secondary N) is 2. The average Bonchev–Trinajstić information content (AvgIpc) is 2.86. The minimum Gasteiger partial charge on any atom is -0.444 e. The van der Waals surface area contributed by atoms with Gasteiger partial charge in [-0.05, 0) is 83.7 Å². The molecule has 0 bridgehead atoms. The van der Waals surface area contributed by atoms with Gasteiger partial charge in [0.1, 0.15) is 17.7 Å². The number of para-hydroxylation sites is 1. The van der Waals surface area contributed by atoms with Crippen molar-refractivity contribution in [3.63, 3.8) is 0 Å². The maximum absolute atomic E-state index is 14.2. The van der Waals surface area contributed by atoms with Crippen molar-refractivity contribution in [2.45, 2.75) is 85.0 Å². The second-order valence-corrected chi connectivity index (χ2v) is 11.5. The Balaban J connectivity index is 2.64. The summed E-state index contributed by atoms with van der Waals surface area (Å²) >= 11 is 4.36. The van der Waals surface area contributed by atoms with Gasteiger partial charge in [0, 0.05) is 22.5 Å². The molecule has 7 nitrogen and oxygen atoms in total. The van der Waals surface area contributed by atoms with Crippen molar-refractivity contribution in [2.24, 2.45) is 0 Å². The Morgan fingerprint density at radius 2 is 1.59 bits per heavy atom. The molecule has 0 saturated carbocycles. The second kappa shape index (κ2) is 13.1. The van der Waals surface area contributed by atoms with Crippen LogP contribution in [0.5, 0.6) is 0 Å². The Bertz CT molecular complexity index is 1210. The molecular formula is C31H41N3O4S. The summed E-state index contributed by atoms with van der Waals surface area (Å²) in [5.74, 6) is 1.76. The maximum Gasteiger partial charge on any atom is 0.408 e. The van der Waals surface area contributed by atoms with Gasteiger partial charge >= 0.3 is 6.09 Å². The van der Waals surface area contributed by atoms with Gasteiger partial charge in [0.05, 0.1) is 0 Å². The summed E-state index contributed by atoms with van der Waals surface area (Å²) in [6, 6.07) is 10.7. The first-order chi connectivity index (χ1) is 18.1. The predicted molar refractivity (Wildman–Crippen MR) is 160 cm³/mol. The number of hydrogen-bond donors (Lipinski definition) is 3. The predicted octanol–water partition coefficient (Wildman–Crippen LogP) is 5.80. The van der Waals surface area contributed by atoms with Gasteiger partial charge < -0.3 is 20.3 Å². The van der Waals surface area contributed by atoms with E-state index in [-0.39, 0.29) is 11.7 Å². The molecule has 0 aliphatic heterocycles. The topological polar surface area (TPSA) is 87.7 Å². The molecule has 2 atom stereocenters. The van der Waals surface area contributed by atoms with Crippen LogP contribution in [0.15, 0.2) is 42.5 Å². The van der Waals surface area contributed by atoms with E-state index in [1.54, 1.807) is 49.9 Å². The van der Waals surface area contributed by atoms with Gasteiger partial charge in [-0.2, -0.15) is 12.6 Å². The monoisotopic (exact) mass is 551 g/mol. The number of nitrogens with zero attached hydrogens (tertiary/aromatic N) is 1. The molecule has 0 fully saturated rings. The summed E-state index contributed by atoms with van der Waals surface area (Å²) in [4.78, 5) is 42.5. The highest BCUT2D eigenvalue weighted by Crippen LogP contribution is 2.34. The first-order valence-electron chi connectivity index (χ1n) is 13.0. The van der Waals surface area contributed by atoms with Crippen molar-refractivity contribution in [1.29, 1.82) is 0 Å². The average molecular weight is 552 g/mol. The fraction of sp³-hybridized carbons (Fsp3) is 0.452. The van der Waals surface area contributed by atoms with E-state index >= 15 is 0 Å². The number of ether oxygens (including phenoxy) is 1. The Morgan fingerprint density at radius 1 is 1.03 bits per heavy atom. The lowest BCUT2D eigenvalue weighted by molar-refractivity contribution is -0.147. The van der Waals surface area contributed by atoms with Crippen LogP contribution in [0.2, 0.25) is 0 Å². The molecule has 8 heteroatoms. The fourth-order valence-corrected chi connectivity index (χ4v) is 4.38. The molecule has 2 aromatic rings. The van der Waals surface area contributed by atoms with E-state index in [1.807, 2.05) is 52.8 Å². The van der Waals surface area contributed by atoms with Gasteiger partial charge in [0.15, 0.2) is 0 Å². The minimum absolute atomic E-state index is 0.00957. The minimum atomic E-state index is -1.03. The molecule has 0 aromatic heterocycles. The number of carbonyl (C=O) groups excluding carboxylic acids is 3. The Labute approximate surface area is 238 Å². The third-order valence-electron chi connectivity index (χ3n) is 6.56. The van der Waals surface area contributed by atoms with Gasteiger partial charge in [-0.3, -0.25) is 9.59 Å². The van der Waals surface area contributed by atoms with Crippen LogP contribution >= 0.6 is 12.6 Å². The number of terminal acetylenes is 1. The van der Waals surface area contributed by atoms with Crippen molar-refractivity contribution in [3.05, 3.63) is 64.7 Å². The fourth-order valence-electron chi connectivity index (χ4n) is 4.13. The van der Waals surface area contributed by atoms with Crippen LogP contribution in [0.3, 0.4) is 0 Å². The summed E-state index contributed by atoms with van der Waals surface area (Å²) in [6.45, 7) is 14.8. The quantitative estimate of drug-likeness (QED) is 0.271. The number of anilines is 1. The van der Waals surface area contributed by atoms with E-state index in [0.717, 1.165) is 11.1 Å². The summed E-state index contributed by atoms with van der Waals surface area (Å²) < 4.78 is 5.38. The molecule has 0 aliphatic carbocycles. The number of benzene rings is 2. The maximum atomic E-state index is 14.2. The summed E-state index contributed by atoms with van der Waals surface area (Å²) in [6.07, 6.45) is 5.37. The van der Waals surface area contributed by atoms with Crippen molar-refractivity contribution < 1.29 is 19.1 Å². The van der Waals surface area contributed by atoms with Crippen LogP contribution in [-0.4, -0.2) is 45.7 Å². The second-order valence-electron chi connectivity index (χ2n) is 11.2. The van der Waals surface area contributed by atoms with Crippen LogP contribution in [0, 0.1) is 26.2 Å². The van der Waals surface area contributed by atoms with Gasteiger partial charge in [-0.1, -0.05) is 43.2 Å². The molecule has 39 heavy (non-hydrogen) atoms. The van der Waals surface area contributed by atoms with Crippen LogP contribution in [0.25, 0.3) is 0 Å². The van der Waals surface area contributed by atoms with E-state index < -0.39 is 35.2 Å². The highest BCUT2D eigenvalue weighted by molar-refractivity contribution is 7.80. The molecule has 210 valence electrons. The van der Waals surface area contributed by atoms with E-state index in [0.29, 0.717) is 23.2 Å². The SMILES string of the molecule is C#Cc1ccc(C(C(=O)Nc2c(C)cccc2C)N(C(=O)C(CS)NC(=O)OC(C)(C)C)C(C)(C)CC)cc1. The number of hydrogen-bond acceptors (Lipinski definition) is 5.